The van der Waals surface area contributed by atoms with E-state index in [0.29, 0.717) is 13.0 Å². The van der Waals surface area contributed by atoms with Crippen LogP contribution in [0.3, 0.4) is 0 Å². The number of likely N-dealkylation sites (N-methyl/N-ethyl adjacent to an activating group) is 1. The number of ether oxygens (including phenoxy) is 1. The fourth-order valence-electron chi connectivity index (χ4n) is 2.23. The van der Waals surface area contributed by atoms with Gasteiger partial charge in [-0.3, -0.25) is 0 Å². The lowest BCUT2D eigenvalue weighted by molar-refractivity contribution is -0.137. The third-order valence-corrected chi connectivity index (χ3v) is 3.36. The number of methoxy groups -OCH3 is 1. The average Bonchev–Trinajstić information content (AvgIpc) is 2.52. The summed E-state index contributed by atoms with van der Waals surface area (Å²) in [5, 5.41) is 0. The van der Waals surface area contributed by atoms with Gasteiger partial charge in [-0.05, 0) is 30.2 Å². The molecular formula is C16H17F3N2O. The van der Waals surface area contributed by atoms with E-state index in [9.17, 15) is 13.2 Å². The number of pyridine rings is 1. The first-order valence-electron chi connectivity index (χ1n) is 6.78. The molecule has 0 aliphatic carbocycles. The normalized spacial score (nSPS) is 11.3. The second kappa shape index (κ2) is 6.68. The first-order valence-corrected chi connectivity index (χ1v) is 6.78. The third-order valence-electron chi connectivity index (χ3n) is 3.36. The number of hydrogen-bond donors (Lipinski definition) is 0. The molecule has 2 rings (SSSR count). The summed E-state index contributed by atoms with van der Waals surface area (Å²) in [6, 6.07) is 9.79. The number of nitrogens with zero attached hydrogens (tertiary/aromatic N) is 2. The van der Waals surface area contributed by atoms with E-state index in [1.807, 2.05) is 24.3 Å². The summed E-state index contributed by atoms with van der Waals surface area (Å²) in [4.78, 5) is 5.38. The third kappa shape index (κ3) is 3.69. The number of aromatic nitrogens is 1. The van der Waals surface area contributed by atoms with Crippen molar-refractivity contribution in [3.05, 3.63) is 53.7 Å². The quantitative estimate of drug-likeness (QED) is 0.840. The van der Waals surface area contributed by atoms with E-state index >= 15 is 0 Å². The van der Waals surface area contributed by atoms with E-state index in [0.717, 1.165) is 17.4 Å². The van der Waals surface area contributed by atoms with Crippen molar-refractivity contribution in [3.63, 3.8) is 0 Å². The minimum Gasteiger partial charge on any atom is -0.496 e. The smallest absolute Gasteiger partial charge is 0.419 e. The van der Waals surface area contributed by atoms with Crippen LogP contribution in [0.1, 0.15) is 11.1 Å². The fourth-order valence-corrected chi connectivity index (χ4v) is 2.23. The molecule has 0 bridgehead atoms. The highest BCUT2D eigenvalue weighted by molar-refractivity contribution is 5.48. The lowest BCUT2D eigenvalue weighted by Gasteiger charge is -2.22. The minimum atomic E-state index is -4.41. The van der Waals surface area contributed by atoms with Gasteiger partial charge in [0, 0.05) is 19.8 Å². The van der Waals surface area contributed by atoms with Crippen LogP contribution in [0.2, 0.25) is 0 Å². The van der Waals surface area contributed by atoms with Gasteiger partial charge in [0.05, 0.1) is 12.7 Å². The zero-order valence-electron chi connectivity index (χ0n) is 12.4. The van der Waals surface area contributed by atoms with Gasteiger partial charge < -0.3 is 9.64 Å². The molecule has 0 atom stereocenters. The lowest BCUT2D eigenvalue weighted by atomic mass is 10.1. The second-order valence-corrected chi connectivity index (χ2v) is 4.86. The number of benzene rings is 1. The Kier molecular flexibility index (Phi) is 4.90. The van der Waals surface area contributed by atoms with E-state index in [2.05, 4.69) is 4.98 Å². The molecule has 0 unspecified atom stereocenters. The molecule has 0 amide bonds. The van der Waals surface area contributed by atoms with Crippen LogP contribution in [-0.4, -0.2) is 25.7 Å². The lowest BCUT2D eigenvalue weighted by Crippen LogP contribution is -2.25. The zero-order chi connectivity index (χ0) is 16.2. The molecule has 0 spiro atoms. The maximum absolute atomic E-state index is 13.0. The molecule has 22 heavy (non-hydrogen) atoms. The van der Waals surface area contributed by atoms with Crippen molar-refractivity contribution in [1.29, 1.82) is 0 Å². The standard InChI is InChI=1S/C16H17F3N2O/c1-21(11-9-12-6-3-4-8-14(12)22-2)15-13(16(17,18)19)7-5-10-20-15/h3-8,10H,9,11H2,1-2H3. The average molecular weight is 310 g/mol. The molecule has 0 radical (unpaired) electrons. The van der Waals surface area contributed by atoms with E-state index in [4.69, 9.17) is 4.74 Å². The molecule has 0 aliphatic heterocycles. The molecule has 2 aromatic rings. The molecular weight excluding hydrogens is 293 g/mol. The Balaban J connectivity index is 2.15. The number of alkyl halides is 3. The Morgan fingerprint density at radius 1 is 1.14 bits per heavy atom. The van der Waals surface area contributed by atoms with Crippen LogP contribution < -0.4 is 9.64 Å². The minimum absolute atomic E-state index is 0.0649. The van der Waals surface area contributed by atoms with Gasteiger partial charge in [-0.15, -0.1) is 0 Å². The molecule has 1 aromatic carbocycles. The van der Waals surface area contributed by atoms with Crippen LogP contribution in [0.5, 0.6) is 5.75 Å². The highest BCUT2D eigenvalue weighted by Gasteiger charge is 2.35. The highest BCUT2D eigenvalue weighted by atomic mass is 19.4. The fraction of sp³-hybridized carbons (Fsp3) is 0.312. The van der Waals surface area contributed by atoms with Crippen LogP contribution in [-0.2, 0) is 12.6 Å². The van der Waals surface area contributed by atoms with Crippen molar-refractivity contribution >= 4 is 5.82 Å². The van der Waals surface area contributed by atoms with Crippen molar-refractivity contribution < 1.29 is 17.9 Å². The molecule has 0 saturated carbocycles. The zero-order valence-corrected chi connectivity index (χ0v) is 12.4. The summed E-state index contributed by atoms with van der Waals surface area (Å²) >= 11 is 0. The molecule has 6 heteroatoms. The van der Waals surface area contributed by atoms with E-state index in [1.165, 1.54) is 17.2 Å². The summed E-state index contributed by atoms with van der Waals surface area (Å²) in [5.74, 6) is 0.665. The van der Waals surface area contributed by atoms with Crippen LogP contribution in [0, 0.1) is 0 Å². The van der Waals surface area contributed by atoms with Crippen molar-refractivity contribution in [2.24, 2.45) is 0 Å². The van der Waals surface area contributed by atoms with Gasteiger partial charge in [0.2, 0.25) is 0 Å². The molecule has 3 nitrogen and oxygen atoms in total. The van der Waals surface area contributed by atoms with E-state index in [-0.39, 0.29) is 5.82 Å². The summed E-state index contributed by atoms with van der Waals surface area (Å²) in [6.45, 7) is 0.403. The van der Waals surface area contributed by atoms with Crippen LogP contribution in [0.25, 0.3) is 0 Å². The predicted octanol–water partition coefficient (Wildman–Crippen LogP) is 3.79. The topological polar surface area (TPSA) is 25.4 Å². The Labute approximate surface area is 127 Å². The van der Waals surface area contributed by atoms with Crippen molar-refractivity contribution in [1.82, 2.24) is 4.98 Å². The molecule has 118 valence electrons. The van der Waals surface area contributed by atoms with E-state index < -0.39 is 11.7 Å². The number of halogens is 3. The molecule has 0 N–H and O–H groups in total. The molecule has 0 fully saturated rings. The number of hydrogen-bond acceptors (Lipinski definition) is 3. The first-order chi connectivity index (χ1) is 10.4. The maximum atomic E-state index is 13.0. The van der Waals surface area contributed by atoms with Crippen LogP contribution >= 0.6 is 0 Å². The molecule has 0 aliphatic rings. The van der Waals surface area contributed by atoms with Crippen molar-refractivity contribution in [2.75, 3.05) is 25.6 Å². The van der Waals surface area contributed by atoms with Crippen molar-refractivity contribution in [2.45, 2.75) is 12.6 Å². The number of anilines is 1. The molecule has 1 heterocycles. The summed E-state index contributed by atoms with van der Waals surface area (Å²) < 4.78 is 44.3. The van der Waals surface area contributed by atoms with Gasteiger partial charge in [-0.2, -0.15) is 13.2 Å². The second-order valence-electron chi connectivity index (χ2n) is 4.86. The Morgan fingerprint density at radius 2 is 1.86 bits per heavy atom. The first kappa shape index (κ1) is 16.1. The number of rotatable bonds is 5. The Bertz CT molecular complexity index is 629. The van der Waals surface area contributed by atoms with Gasteiger partial charge in [0.15, 0.2) is 0 Å². The Morgan fingerprint density at radius 3 is 2.55 bits per heavy atom. The monoisotopic (exact) mass is 310 g/mol. The molecule has 1 aromatic heterocycles. The summed E-state index contributed by atoms with van der Waals surface area (Å²) in [7, 11) is 3.18. The van der Waals surface area contributed by atoms with Gasteiger partial charge >= 0.3 is 6.18 Å². The van der Waals surface area contributed by atoms with E-state index in [1.54, 1.807) is 14.2 Å². The summed E-state index contributed by atoms with van der Waals surface area (Å²) in [5.41, 5.74) is 0.221. The van der Waals surface area contributed by atoms with Crippen molar-refractivity contribution in [3.8, 4) is 5.75 Å². The van der Waals surface area contributed by atoms with Gasteiger partial charge in [0.25, 0.3) is 0 Å². The summed E-state index contributed by atoms with van der Waals surface area (Å²) in [6.07, 6.45) is -2.49. The largest absolute Gasteiger partial charge is 0.496 e. The number of para-hydroxylation sites is 1. The van der Waals surface area contributed by atoms with Crippen LogP contribution in [0.15, 0.2) is 42.6 Å². The van der Waals surface area contributed by atoms with Gasteiger partial charge in [-0.25, -0.2) is 4.98 Å². The predicted molar refractivity (Wildman–Crippen MR) is 79.2 cm³/mol. The maximum Gasteiger partial charge on any atom is 0.419 e. The Hall–Kier alpha value is -2.24. The molecule has 0 saturated heterocycles. The van der Waals surface area contributed by atoms with Gasteiger partial charge in [0.1, 0.15) is 11.6 Å². The van der Waals surface area contributed by atoms with Crippen LogP contribution in [0.4, 0.5) is 19.0 Å². The van der Waals surface area contributed by atoms with Gasteiger partial charge in [-0.1, -0.05) is 18.2 Å². The SMILES string of the molecule is COc1ccccc1CCN(C)c1ncccc1C(F)(F)F. The highest BCUT2D eigenvalue weighted by Crippen LogP contribution is 2.34.